The molecule has 0 saturated heterocycles. The monoisotopic (exact) mass is 227 g/mol. The number of aryl methyl sites for hydroxylation is 1. The van der Waals surface area contributed by atoms with Crippen LogP contribution in [0.4, 0.5) is 8.78 Å². The van der Waals surface area contributed by atoms with Crippen molar-refractivity contribution in [2.45, 2.75) is 39.7 Å². The van der Waals surface area contributed by atoms with E-state index in [0.717, 1.165) is 6.42 Å². The van der Waals surface area contributed by atoms with Crippen LogP contribution in [-0.2, 0) is 0 Å². The molecule has 0 amide bonds. The Kier molecular flexibility index (Phi) is 4.42. The molecule has 0 fully saturated rings. The second kappa shape index (κ2) is 5.39. The van der Waals surface area contributed by atoms with E-state index in [4.69, 9.17) is 5.73 Å². The van der Waals surface area contributed by atoms with Crippen LogP contribution in [0.5, 0.6) is 0 Å². The highest BCUT2D eigenvalue weighted by Crippen LogP contribution is 2.25. The van der Waals surface area contributed by atoms with E-state index in [1.807, 2.05) is 0 Å². The van der Waals surface area contributed by atoms with Crippen LogP contribution in [-0.4, -0.2) is 0 Å². The fourth-order valence-electron chi connectivity index (χ4n) is 1.68. The van der Waals surface area contributed by atoms with Crippen LogP contribution >= 0.6 is 0 Å². The van der Waals surface area contributed by atoms with Gasteiger partial charge in [0.2, 0.25) is 0 Å². The molecule has 0 saturated carbocycles. The predicted molar refractivity (Wildman–Crippen MR) is 62.1 cm³/mol. The third-order valence-corrected chi connectivity index (χ3v) is 2.75. The number of benzene rings is 1. The van der Waals surface area contributed by atoms with Gasteiger partial charge in [0, 0.05) is 11.6 Å². The minimum Gasteiger partial charge on any atom is -0.324 e. The molecular weight excluding hydrogens is 208 g/mol. The van der Waals surface area contributed by atoms with Crippen LogP contribution < -0.4 is 5.73 Å². The molecule has 1 nitrogen and oxygen atoms in total. The molecule has 1 rings (SSSR count). The molecule has 0 aliphatic carbocycles. The summed E-state index contributed by atoms with van der Waals surface area (Å²) in [5.41, 5.74) is 6.30. The number of nitrogens with two attached hydrogens (primary N) is 1. The van der Waals surface area contributed by atoms with Gasteiger partial charge in [-0.05, 0) is 37.3 Å². The zero-order chi connectivity index (χ0) is 12.3. The van der Waals surface area contributed by atoms with Crippen molar-refractivity contribution in [3.63, 3.8) is 0 Å². The Morgan fingerprint density at radius 2 is 1.81 bits per heavy atom. The Morgan fingerprint density at radius 1 is 1.19 bits per heavy atom. The predicted octanol–water partition coefficient (Wildman–Crippen LogP) is 3.71. The molecule has 0 unspecified atom stereocenters. The molecule has 0 aromatic heterocycles. The van der Waals surface area contributed by atoms with Gasteiger partial charge in [0.25, 0.3) is 0 Å². The first-order valence-electron chi connectivity index (χ1n) is 5.63. The first-order valence-corrected chi connectivity index (χ1v) is 5.63. The van der Waals surface area contributed by atoms with Crippen molar-refractivity contribution in [3.8, 4) is 0 Å². The molecule has 3 heteroatoms. The fourth-order valence-corrected chi connectivity index (χ4v) is 1.68. The zero-order valence-corrected chi connectivity index (χ0v) is 10.1. The Balaban J connectivity index is 2.90. The first-order chi connectivity index (χ1) is 7.43. The quantitative estimate of drug-likeness (QED) is 0.833. The van der Waals surface area contributed by atoms with Crippen molar-refractivity contribution in [2.75, 3.05) is 0 Å². The SMILES string of the molecule is Cc1ccc(F)c([C@@H](N)CCC(C)C)c1F. The highest BCUT2D eigenvalue weighted by atomic mass is 19.1. The second-order valence-electron chi connectivity index (χ2n) is 4.67. The van der Waals surface area contributed by atoms with E-state index >= 15 is 0 Å². The summed E-state index contributed by atoms with van der Waals surface area (Å²) < 4.78 is 27.2. The molecule has 1 aromatic carbocycles. The molecule has 0 bridgehead atoms. The van der Waals surface area contributed by atoms with Gasteiger partial charge in [-0.25, -0.2) is 8.78 Å². The Morgan fingerprint density at radius 3 is 2.38 bits per heavy atom. The highest BCUT2D eigenvalue weighted by molar-refractivity contribution is 5.28. The van der Waals surface area contributed by atoms with Gasteiger partial charge in [-0.15, -0.1) is 0 Å². The van der Waals surface area contributed by atoms with Crippen LogP contribution in [0.15, 0.2) is 12.1 Å². The summed E-state index contributed by atoms with van der Waals surface area (Å²) in [6.45, 7) is 5.75. The first kappa shape index (κ1) is 13.1. The van der Waals surface area contributed by atoms with E-state index in [1.165, 1.54) is 12.1 Å². The lowest BCUT2D eigenvalue weighted by molar-refractivity contribution is 0.467. The van der Waals surface area contributed by atoms with E-state index in [0.29, 0.717) is 17.9 Å². The fraction of sp³-hybridized carbons (Fsp3) is 0.538. The maximum atomic E-state index is 13.7. The van der Waals surface area contributed by atoms with E-state index in [1.54, 1.807) is 6.92 Å². The van der Waals surface area contributed by atoms with Crippen LogP contribution in [0.3, 0.4) is 0 Å². The summed E-state index contributed by atoms with van der Waals surface area (Å²) in [5.74, 6) is -0.558. The molecule has 0 radical (unpaired) electrons. The van der Waals surface area contributed by atoms with Crippen LogP contribution in [0.2, 0.25) is 0 Å². The smallest absolute Gasteiger partial charge is 0.133 e. The highest BCUT2D eigenvalue weighted by Gasteiger charge is 2.18. The summed E-state index contributed by atoms with van der Waals surface area (Å²) >= 11 is 0. The number of halogens is 2. The molecule has 0 heterocycles. The van der Waals surface area contributed by atoms with E-state index in [2.05, 4.69) is 13.8 Å². The largest absolute Gasteiger partial charge is 0.324 e. The molecule has 1 atom stereocenters. The van der Waals surface area contributed by atoms with Crippen molar-refractivity contribution in [1.29, 1.82) is 0 Å². The van der Waals surface area contributed by atoms with Gasteiger partial charge in [0.15, 0.2) is 0 Å². The summed E-state index contributed by atoms with van der Waals surface area (Å²) in [5, 5.41) is 0. The maximum absolute atomic E-state index is 13.7. The lowest BCUT2D eigenvalue weighted by Gasteiger charge is -2.16. The average Bonchev–Trinajstić information content (AvgIpc) is 2.21. The Bertz CT molecular complexity index is 361. The topological polar surface area (TPSA) is 26.0 Å². The van der Waals surface area contributed by atoms with Crippen LogP contribution in [0.1, 0.15) is 43.9 Å². The van der Waals surface area contributed by atoms with Crippen molar-refractivity contribution in [1.82, 2.24) is 0 Å². The molecule has 16 heavy (non-hydrogen) atoms. The number of rotatable bonds is 4. The minimum absolute atomic E-state index is 0.0284. The Labute approximate surface area is 95.7 Å². The number of hydrogen-bond donors (Lipinski definition) is 1. The van der Waals surface area contributed by atoms with Crippen molar-refractivity contribution < 1.29 is 8.78 Å². The Hall–Kier alpha value is -0.960. The zero-order valence-electron chi connectivity index (χ0n) is 10.1. The molecule has 2 N–H and O–H groups in total. The molecule has 0 aliphatic heterocycles. The standard InChI is InChI=1S/C13H19F2N/c1-8(2)4-7-11(16)12-10(14)6-5-9(3)13(12)15/h5-6,8,11H,4,7,16H2,1-3H3/t11-/m0/s1. The second-order valence-corrected chi connectivity index (χ2v) is 4.67. The van der Waals surface area contributed by atoms with Crippen molar-refractivity contribution in [3.05, 3.63) is 34.9 Å². The third kappa shape index (κ3) is 3.01. The van der Waals surface area contributed by atoms with E-state index in [9.17, 15) is 8.78 Å². The van der Waals surface area contributed by atoms with Gasteiger partial charge in [0.1, 0.15) is 11.6 Å². The number of hydrogen-bond acceptors (Lipinski definition) is 1. The average molecular weight is 227 g/mol. The van der Waals surface area contributed by atoms with Crippen molar-refractivity contribution >= 4 is 0 Å². The molecule has 0 aliphatic rings. The molecule has 1 aromatic rings. The van der Waals surface area contributed by atoms with Crippen molar-refractivity contribution in [2.24, 2.45) is 11.7 Å². The molecule has 0 spiro atoms. The summed E-state index contributed by atoms with van der Waals surface area (Å²) in [7, 11) is 0. The normalized spacial score (nSPS) is 13.2. The van der Waals surface area contributed by atoms with Gasteiger partial charge in [-0.3, -0.25) is 0 Å². The van der Waals surface area contributed by atoms with E-state index < -0.39 is 17.7 Å². The maximum Gasteiger partial charge on any atom is 0.133 e. The summed E-state index contributed by atoms with van der Waals surface area (Å²) in [4.78, 5) is 0. The third-order valence-electron chi connectivity index (χ3n) is 2.75. The van der Waals surface area contributed by atoms with Gasteiger partial charge >= 0.3 is 0 Å². The van der Waals surface area contributed by atoms with Gasteiger partial charge in [-0.1, -0.05) is 19.9 Å². The lowest BCUT2D eigenvalue weighted by atomic mass is 9.96. The van der Waals surface area contributed by atoms with Crippen LogP contribution in [0.25, 0.3) is 0 Å². The van der Waals surface area contributed by atoms with Gasteiger partial charge in [-0.2, -0.15) is 0 Å². The molecular formula is C13H19F2N. The lowest BCUT2D eigenvalue weighted by Crippen LogP contribution is -2.15. The molecule has 90 valence electrons. The van der Waals surface area contributed by atoms with Crippen LogP contribution in [0, 0.1) is 24.5 Å². The summed E-state index contributed by atoms with van der Waals surface area (Å²) in [6.07, 6.45) is 1.48. The summed E-state index contributed by atoms with van der Waals surface area (Å²) in [6, 6.07) is 2.16. The van der Waals surface area contributed by atoms with Gasteiger partial charge < -0.3 is 5.73 Å². The van der Waals surface area contributed by atoms with Gasteiger partial charge in [0.05, 0.1) is 0 Å². The van der Waals surface area contributed by atoms with E-state index in [-0.39, 0.29) is 5.56 Å². The minimum atomic E-state index is -0.553.